The number of rotatable bonds is 5. The minimum atomic E-state index is 0.348. The maximum Gasteiger partial charge on any atom is 0.0678 e. The number of hydrogen-bond acceptors (Lipinski definition) is 3. The van der Waals surface area contributed by atoms with E-state index in [1.807, 2.05) is 0 Å². The van der Waals surface area contributed by atoms with Gasteiger partial charge in [0.05, 0.1) is 12.2 Å². The molecule has 1 aliphatic heterocycles. The van der Waals surface area contributed by atoms with Gasteiger partial charge in [-0.25, -0.2) is 0 Å². The maximum atomic E-state index is 5.78. The first-order valence-electron chi connectivity index (χ1n) is 7.88. The predicted octanol–water partition coefficient (Wildman–Crippen LogP) is 2.55. The van der Waals surface area contributed by atoms with Crippen molar-refractivity contribution >= 4 is 0 Å². The van der Waals surface area contributed by atoms with Crippen LogP contribution in [0.2, 0.25) is 0 Å². The number of benzene rings is 1. The van der Waals surface area contributed by atoms with Gasteiger partial charge in [0.25, 0.3) is 0 Å². The second-order valence-corrected chi connectivity index (χ2v) is 6.42. The lowest BCUT2D eigenvalue weighted by Crippen LogP contribution is -2.44. The highest BCUT2D eigenvalue weighted by Gasteiger charge is 2.22. The van der Waals surface area contributed by atoms with Crippen molar-refractivity contribution < 1.29 is 4.74 Å². The van der Waals surface area contributed by atoms with Crippen LogP contribution in [0, 0.1) is 0 Å². The van der Waals surface area contributed by atoms with Crippen LogP contribution in [0.4, 0.5) is 0 Å². The van der Waals surface area contributed by atoms with Crippen LogP contribution < -0.4 is 5.32 Å². The summed E-state index contributed by atoms with van der Waals surface area (Å²) in [6.45, 7) is 8.44. The van der Waals surface area contributed by atoms with Crippen LogP contribution in [0.15, 0.2) is 24.3 Å². The van der Waals surface area contributed by atoms with E-state index < -0.39 is 0 Å². The topological polar surface area (TPSA) is 24.5 Å². The molecule has 1 N–H and O–H groups in total. The number of ether oxygens (including phenoxy) is 1. The molecule has 2 aliphatic rings. The third-order valence-electron chi connectivity index (χ3n) is 4.10. The summed E-state index contributed by atoms with van der Waals surface area (Å²) in [7, 11) is 0. The van der Waals surface area contributed by atoms with Crippen LogP contribution in [-0.2, 0) is 17.8 Å². The Labute approximate surface area is 122 Å². The summed E-state index contributed by atoms with van der Waals surface area (Å²) in [5, 5.41) is 3.56. The predicted molar refractivity (Wildman–Crippen MR) is 81.6 cm³/mol. The fourth-order valence-corrected chi connectivity index (χ4v) is 2.98. The Balaban J connectivity index is 1.51. The largest absolute Gasteiger partial charge is 0.373 e. The second-order valence-electron chi connectivity index (χ2n) is 6.42. The Kier molecular flexibility index (Phi) is 4.39. The number of nitrogens with zero attached hydrogens (tertiary/aromatic N) is 1. The second kappa shape index (κ2) is 6.25. The SMILES string of the molecule is C[C@@H]1CN(Cc2ccc(CNC3CC3)cc2)C[C@H](C)O1. The van der Waals surface area contributed by atoms with Crippen LogP contribution in [0.3, 0.4) is 0 Å². The average molecular weight is 274 g/mol. The zero-order chi connectivity index (χ0) is 13.9. The molecule has 1 aromatic rings. The standard InChI is InChI=1S/C17H26N2O/c1-13-10-19(11-14(2)20-13)12-16-5-3-15(4-6-16)9-18-17-7-8-17/h3-6,13-14,17-18H,7-12H2,1-2H3/t13-,14+. The van der Waals surface area contributed by atoms with Crippen LogP contribution in [0.25, 0.3) is 0 Å². The molecule has 1 saturated carbocycles. The van der Waals surface area contributed by atoms with E-state index in [9.17, 15) is 0 Å². The monoisotopic (exact) mass is 274 g/mol. The molecule has 0 bridgehead atoms. The van der Waals surface area contributed by atoms with Crippen molar-refractivity contribution in [2.45, 2.75) is 58.0 Å². The van der Waals surface area contributed by atoms with Crippen LogP contribution in [-0.4, -0.2) is 36.2 Å². The van der Waals surface area contributed by atoms with Crippen LogP contribution in [0.5, 0.6) is 0 Å². The molecule has 2 fully saturated rings. The number of hydrogen-bond donors (Lipinski definition) is 1. The molecule has 0 aromatic heterocycles. The molecular weight excluding hydrogens is 248 g/mol. The van der Waals surface area contributed by atoms with Gasteiger partial charge in [0.2, 0.25) is 0 Å². The lowest BCUT2D eigenvalue weighted by Gasteiger charge is -2.35. The van der Waals surface area contributed by atoms with E-state index in [-0.39, 0.29) is 0 Å². The van der Waals surface area contributed by atoms with E-state index in [1.165, 1.54) is 24.0 Å². The highest BCUT2D eigenvalue weighted by Crippen LogP contribution is 2.19. The molecule has 0 spiro atoms. The van der Waals surface area contributed by atoms with E-state index in [0.717, 1.165) is 32.2 Å². The molecule has 0 radical (unpaired) electrons. The normalized spacial score (nSPS) is 27.7. The lowest BCUT2D eigenvalue weighted by molar-refractivity contribution is -0.0704. The average Bonchev–Trinajstić information content (AvgIpc) is 3.21. The minimum absolute atomic E-state index is 0.348. The fraction of sp³-hybridized carbons (Fsp3) is 0.647. The first-order chi connectivity index (χ1) is 9.69. The molecule has 3 heteroatoms. The fourth-order valence-electron chi connectivity index (χ4n) is 2.98. The van der Waals surface area contributed by atoms with Crippen molar-refractivity contribution in [3.8, 4) is 0 Å². The number of morpholine rings is 1. The van der Waals surface area contributed by atoms with E-state index in [4.69, 9.17) is 4.74 Å². The Morgan fingerprint density at radius 2 is 1.65 bits per heavy atom. The Morgan fingerprint density at radius 3 is 2.25 bits per heavy atom. The molecule has 110 valence electrons. The van der Waals surface area contributed by atoms with Gasteiger partial charge in [-0.15, -0.1) is 0 Å². The van der Waals surface area contributed by atoms with Gasteiger partial charge in [0.15, 0.2) is 0 Å². The zero-order valence-electron chi connectivity index (χ0n) is 12.6. The van der Waals surface area contributed by atoms with Crippen LogP contribution in [0.1, 0.15) is 37.8 Å². The molecule has 2 atom stereocenters. The van der Waals surface area contributed by atoms with Crippen molar-refractivity contribution in [1.29, 1.82) is 0 Å². The third kappa shape index (κ3) is 4.05. The summed E-state index contributed by atoms with van der Waals surface area (Å²) in [5.74, 6) is 0. The first-order valence-corrected chi connectivity index (χ1v) is 7.88. The summed E-state index contributed by atoms with van der Waals surface area (Å²) in [4.78, 5) is 2.50. The van der Waals surface area contributed by atoms with Crippen molar-refractivity contribution in [1.82, 2.24) is 10.2 Å². The minimum Gasteiger partial charge on any atom is -0.373 e. The van der Waals surface area contributed by atoms with Crippen molar-refractivity contribution in [3.63, 3.8) is 0 Å². The van der Waals surface area contributed by atoms with E-state index in [0.29, 0.717) is 12.2 Å². The smallest absolute Gasteiger partial charge is 0.0678 e. The summed E-state index contributed by atoms with van der Waals surface area (Å²) in [5.41, 5.74) is 2.80. The molecular formula is C17H26N2O. The quantitative estimate of drug-likeness (QED) is 0.893. The Hall–Kier alpha value is -0.900. The highest BCUT2D eigenvalue weighted by atomic mass is 16.5. The Bertz CT molecular complexity index is 417. The molecule has 1 heterocycles. The van der Waals surface area contributed by atoms with Gasteiger partial charge in [0.1, 0.15) is 0 Å². The molecule has 1 aliphatic carbocycles. The van der Waals surface area contributed by atoms with E-state index in [2.05, 4.69) is 48.3 Å². The first kappa shape index (κ1) is 14.1. The van der Waals surface area contributed by atoms with Gasteiger partial charge in [-0.3, -0.25) is 4.90 Å². The molecule has 0 unspecified atom stereocenters. The zero-order valence-corrected chi connectivity index (χ0v) is 12.6. The molecule has 0 amide bonds. The van der Waals surface area contributed by atoms with Gasteiger partial charge in [-0.1, -0.05) is 24.3 Å². The van der Waals surface area contributed by atoms with Gasteiger partial charge in [-0.05, 0) is 37.8 Å². The maximum absolute atomic E-state index is 5.78. The molecule has 3 rings (SSSR count). The van der Waals surface area contributed by atoms with E-state index in [1.54, 1.807) is 0 Å². The van der Waals surface area contributed by atoms with Gasteiger partial charge in [-0.2, -0.15) is 0 Å². The summed E-state index contributed by atoms with van der Waals surface area (Å²) in [6.07, 6.45) is 3.40. The summed E-state index contributed by atoms with van der Waals surface area (Å²) < 4.78 is 5.78. The lowest BCUT2D eigenvalue weighted by atomic mass is 10.1. The summed E-state index contributed by atoms with van der Waals surface area (Å²) in [6, 6.07) is 9.85. The highest BCUT2D eigenvalue weighted by molar-refractivity contribution is 5.22. The Morgan fingerprint density at radius 1 is 1.05 bits per heavy atom. The van der Waals surface area contributed by atoms with Gasteiger partial charge < -0.3 is 10.1 Å². The van der Waals surface area contributed by atoms with Crippen molar-refractivity contribution in [3.05, 3.63) is 35.4 Å². The molecule has 1 aromatic carbocycles. The van der Waals surface area contributed by atoms with E-state index >= 15 is 0 Å². The molecule has 20 heavy (non-hydrogen) atoms. The summed E-state index contributed by atoms with van der Waals surface area (Å²) >= 11 is 0. The van der Waals surface area contributed by atoms with Gasteiger partial charge >= 0.3 is 0 Å². The third-order valence-corrected chi connectivity index (χ3v) is 4.10. The van der Waals surface area contributed by atoms with Crippen LogP contribution >= 0.6 is 0 Å². The molecule has 3 nitrogen and oxygen atoms in total. The number of nitrogens with one attached hydrogen (secondary N) is 1. The molecule has 1 saturated heterocycles. The van der Waals surface area contributed by atoms with Crippen molar-refractivity contribution in [2.24, 2.45) is 0 Å². The van der Waals surface area contributed by atoms with Crippen molar-refractivity contribution in [2.75, 3.05) is 13.1 Å². The van der Waals surface area contributed by atoms with Gasteiger partial charge in [0, 0.05) is 32.2 Å².